The van der Waals surface area contributed by atoms with Gasteiger partial charge < -0.3 is 20.7 Å². The molecule has 0 saturated heterocycles. The molecule has 29 heavy (non-hydrogen) atoms. The Hall–Kier alpha value is -2.36. The van der Waals surface area contributed by atoms with E-state index in [2.05, 4.69) is 15.0 Å². The summed E-state index contributed by atoms with van der Waals surface area (Å²) in [6.07, 6.45) is 6.35. The number of carbonyl (C=O) groups is 1. The van der Waals surface area contributed by atoms with Crippen molar-refractivity contribution in [3.05, 3.63) is 20.8 Å². The van der Waals surface area contributed by atoms with Crippen molar-refractivity contribution in [1.29, 1.82) is 0 Å². The van der Waals surface area contributed by atoms with Gasteiger partial charge in [0.1, 0.15) is 5.82 Å². The van der Waals surface area contributed by atoms with Crippen LogP contribution in [-0.4, -0.2) is 40.3 Å². The van der Waals surface area contributed by atoms with Gasteiger partial charge in [-0.25, -0.2) is 4.79 Å². The van der Waals surface area contributed by atoms with Gasteiger partial charge in [0.05, 0.1) is 7.11 Å². The predicted octanol–water partition coefficient (Wildman–Crippen LogP) is 1.50. The molecule has 0 atom stereocenters. The Morgan fingerprint density at radius 1 is 1.34 bits per heavy atom. The van der Waals surface area contributed by atoms with E-state index in [-0.39, 0.29) is 29.9 Å². The van der Waals surface area contributed by atoms with Gasteiger partial charge in [0.25, 0.3) is 5.56 Å². The monoisotopic (exact) mass is 425 g/mol. The van der Waals surface area contributed by atoms with E-state index < -0.39 is 11.2 Å². The number of nitrogens with two attached hydrogens (primary N) is 1. The molecule has 1 fully saturated rings. The Labute approximate surface area is 175 Å². The van der Waals surface area contributed by atoms with Crippen LogP contribution < -0.4 is 27.2 Å². The number of hydrogen-bond acceptors (Lipinski definition) is 6. The van der Waals surface area contributed by atoms with Gasteiger partial charge in [-0.2, -0.15) is 0 Å². The van der Waals surface area contributed by atoms with Crippen molar-refractivity contribution in [2.75, 3.05) is 24.3 Å². The molecule has 10 heteroatoms. The second-order valence-electron chi connectivity index (χ2n) is 7.22. The number of carbonyl (C=O) groups excluding carboxylic acids is 1. The molecule has 1 aromatic rings. The van der Waals surface area contributed by atoms with Gasteiger partial charge in [-0.3, -0.25) is 19.1 Å². The second kappa shape index (κ2) is 11.0. The molecule has 0 spiro atoms. The minimum atomic E-state index is -0.536. The number of nitrogen functional groups attached to an aromatic ring is 1. The number of anilines is 2. The summed E-state index contributed by atoms with van der Waals surface area (Å²) in [5, 5.41) is 3.50. The number of aromatic amines is 1. The molecule has 0 unspecified atom stereocenters. The summed E-state index contributed by atoms with van der Waals surface area (Å²) in [5.41, 5.74) is 5.48. The molecular weight excluding hydrogens is 394 g/mol. The second-order valence-corrected chi connectivity index (χ2v) is 7.60. The first-order chi connectivity index (χ1) is 13.9. The van der Waals surface area contributed by atoms with Crippen molar-refractivity contribution in [2.45, 2.75) is 70.9 Å². The zero-order valence-electron chi connectivity index (χ0n) is 17.2. The first kappa shape index (κ1) is 22.9. The van der Waals surface area contributed by atoms with Crippen molar-refractivity contribution in [3.63, 3.8) is 0 Å². The van der Waals surface area contributed by atoms with E-state index in [0.717, 1.165) is 38.5 Å². The van der Waals surface area contributed by atoms with Crippen molar-refractivity contribution in [1.82, 2.24) is 14.9 Å². The first-order valence-corrected chi connectivity index (χ1v) is 10.6. The smallest absolute Gasteiger partial charge is 0.330 e. The lowest BCUT2D eigenvalue weighted by Crippen LogP contribution is -2.49. The first-order valence-electron chi connectivity index (χ1n) is 10.2. The highest BCUT2D eigenvalue weighted by Crippen LogP contribution is 2.29. The summed E-state index contributed by atoms with van der Waals surface area (Å²) in [6.45, 7) is 2.92. The average Bonchev–Trinajstić information content (AvgIpc) is 3.22. The zero-order valence-corrected chi connectivity index (χ0v) is 18.0. The van der Waals surface area contributed by atoms with E-state index in [4.69, 9.17) is 18.0 Å². The van der Waals surface area contributed by atoms with Gasteiger partial charge in [-0.05, 0) is 37.9 Å². The van der Waals surface area contributed by atoms with E-state index in [9.17, 15) is 14.4 Å². The summed E-state index contributed by atoms with van der Waals surface area (Å²) in [6, 6.07) is 0.0381. The van der Waals surface area contributed by atoms with E-state index >= 15 is 0 Å². The molecule has 162 valence electrons. The van der Waals surface area contributed by atoms with Crippen molar-refractivity contribution >= 4 is 34.8 Å². The molecule has 0 aromatic carbocycles. The summed E-state index contributed by atoms with van der Waals surface area (Å²) in [5.74, 6) is -0.146. The number of nitrogens with zero attached hydrogens (tertiary/aromatic N) is 2. The molecule has 0 amide bonds. The van der Waals surface area contributed by atoms with Crippen LogP contribution in [0.25, 0.3) is 0 Å². The van der Waals surface area contributed by atoms with Gasteiger partial charge in [-0.1, -0.05) is 26.2 Å². The van der Waals surface area contributed by atoms with Gasteiger partial charge in [0, 0.05) is 25.6 Å². The SMILES string of the molecule is CCCCn1c(N)c(N(C(=S)NCCCC(=O)OC)C2CCCC2)c(=O)[nH]c1=O. The minimum absolute atomic E-state index is 0.0381. The van der Waals surface area contributed by atoms with Gasteiger partial charge in [0.2, 0.25) is 0 Å². The van der Waals surface area contributed by atoms with Crippen LogP contribution in [0.1, 0.15) is 58.3 Å². The highest BCUT2D eigenvalue weighted by Gasteiger charge is 2.30. The molecule has 1 aliphatic rings. The van der Waals surface area contributed by atoms with Gasteiger partial charge >= 0.3 is 11.7 Å². The maximum atomic E-state index is 12.7. The van der Waals surface area contributed by atoms with Crippen molar-refractivity contribution in [2.24, 2.45) is 0 Å². The summed E-state index contributed by atoms with van der Waals surface area (Å²) >= 11 is 5.59. The highest BCUT2D eigenvalue weighted by atomic mass is 32.1. The Kier molecular flexibility index (Phi) is 8.69. The van der Waals surface area contributed by atoms with Crippen LogP contribution in [-0.2, 0) is 16.1 Å². The number of nitrogens with one attached hydrogen (secondary N) is 2. The van der Waals surface area contributed by atoms with Crippen molar-refractivity contribution in [3.8, 4) is 0 Å². The minimum Gasteiger partial charge on any atom is -0.469 e. The van der Waals surface area contributed by atoms with Gasteiger partial charge in [0.15, 0.2) is 10.8 Å². The maximum absolute atomic E-state index is 12.7. The Morgan fingerprint density at radius 3 is 2.66 bits per heavy atom. The number of ether oxygens (including phenoxy) is 1. The van der Waals surface area contributed by atoms with Crippen LogP contribution in [0.5, 0.6) is 0 Å². The molecule has 0 bridgehead atoms. The number of rotatable bonds is 9. The largest absolute Gasteiger partial charge is 0.469 e. The molecule has 1 aliphatic carbocycles. The molecule has 1 saturated carbocycles. The normalized spacial score (nSPS) is 14.0. The van der Waals surface area contributed by atoms with Crippen LogP contribution in [0, 0.1) is 0 Å². The summed E-state index contributed by atoms with van der Waals surface area (Å²) in [7, 11) is 1.35. The quantitative estimate of drug-likeness (QED) is 0.309. The number of thiocarbonyl (C=S) groups is 1. The molecule has 0 aliphatic heterocycles. The van der Waals surface area contributed by atoms with E-state index in [0.29, 0.717) is 24.6 Å². The molecule has 0 radical (unpaired) electrons. The molecule has 1 heterocycles. The number of hydrogen-bond donors (Lipinski definition) is 3. The topological polar surface area (TPSA) is 122 Å². The number of unbranched alkanes of at least 4 members (excludes halogenated alkanes) is 1. The lowest BCUT2D eigenvalue weighted by molar-refractivity contribution is -0.140. The standard InChI is InChI=1S/C19H31N5O4S/c1-3-4-12-23-16(20)15(17(26)22-18(23)27)24(13-8-5-6-9-13)19(29)21-11-7-10-14(25)28-2/h13H,3-12,20H2,1-2H3,(H,21,29)(H,22,26,27). The molecule has 1 aromatic heterocycles. The number of methoxy groups -OCH3 is 1. The van der Waals surface area contributed by atoms with Crippen LogP contribution >= 0.6 is 12.2 Å². The lowest BCUT2D eigenvalue weighted by Gasteiger charge is -2.32. The van der Waals surface area contributed by atoms with Crippen LogP contribution in [0.15, 0.2) is 9.59 Å². The maximum Gasteiger partial charge on any atom is 0.330 e. The van der Waals surface area contributed by atoms with Crippen LogP contribution in [0.2, 0.25) is 0 Å². The van der Waals surface area contributed by atoms with Crippen LogP contribution in [0.4, 0.5) is 11.5 Å². The Balaban J connectivity index is 2.30. The number of esters is 1. The average molecular weight is 426 g/mol. The molecule has 4 N–H and O–H groups in total. The van der Waals surface area contributed by atoms with Crippen molar-refractivity contribution < 1.29 is 9.53 Å². The predicted molar refractivity (Wildman–Crippen MR) is 117 cm³/mol. The Bertz CT molecular complexity index is 829. The third kappa shape index (κ3) is 5.81. The number of aromatic nitrogens is 2. The van der Waals surface area contributed by atoms with E-state index in [1.165, 1.54) is 11.7 Å². The fourth-order valence-corrected chi connectivity index (χ4v) is 3.92. The summed E-state index contributed by atoms with van der Waals surface area (Å²) in [4.78, 5) is 40.4. The van der Waals surface area contributed by atoms with E-state index in [1.54, 1.807) is 4.90 Å². The fourth-order valence-electron chi connectivity index (χ4n) is 3.58. The van der Waals surface area contributed by atoms with E-state index in [1.807, 2.05) is 6.92 Å². The highest BCUT2D eigenvalue weighted by molar-refractivity contribution is 7.80. The fraction of sp³-hybridized carbons (Fsp3) is 0.684. The summed E-state index contributed by atoms with van der Waals surface area (Å²) < 4.78 is 6.04. The molecule has 2 rings (SSSR count). The zero-order chi connectivity index (χ0) is 21.4. The number of H-pyrrole nitrogens is 1. The van der Waals surface area contributed by atoms with Crippen LogP contribution in [0.3, 0.4) is 0 Å². The lowest BCUT2D eigenvalue weighted by atomic mass is 10.2. The molecular formula is C19H31N5O4S. The third-order valence-corrected chi connectivity index (χ3v) is 5.50. The Morgan fingerprint density at radius 2 is 2.03 bits per heavy atom. The molecule has 9 nitrogen and oxygen atoms in total. The third-order valence-electron chi connectivity index (χ3n) is 5.16. The van der Waals surface area contributed by atoms with Gasteiger partial charge in [-0.15, -0.1) is 0 Å².